The van der Waals surface area contributed by atoms with Gasteiger partial charge in [-0.3, -0.25) is 0 Å². The SMILES string of the molecule is N#CC1=C(N)C(C#N)(C#N)[C@@H](c2ccccc2)[C@H]2CCCC=C12. The number of nitrogens with two attached hydrogens (primary N) is 1. The van der Waals surface area contributed by atoms with Crippen LogP contribution in [0.15, 0.2) is 53.3 Å². The molecule has 2 aliphatic carbocycles. The van der Waals surface area contributed by atoms with E-state index < -0.39 is 5.41 Å². The molecule has 2 atom stereocenters. The Hall–Kier alpha value is -3.03. The van der Waals surface area contributed by atoms with Crippen LogP contribution in [0.2, 0.25) is 0 Å². The van der Waals surface area contributed by atoms with Crippen LogP contribution in [0, 0.1) is 45.3 Å². The summed E-state index contributed by atoms with van der Waals surface area (Å²) in [6, 6.07) is 16.0. The van der Waals surface area contributed by atoms with Crippen molar-refractivity contribution >= 4 is 0 Å². The van der Waals surface area contributed by atoms with Crippen LogP contribution in [0.5, 0.6) is 0 Å². The predicted molar refractivity (Wildman–Crippen MR) is 85.1 cm³/mol. The molecule has 2 N–H and O–H groups in total. The van der Waals surface area contributed by atoms with Crippen molar-refractivity contribution in [2.75, 3.05) is 0 Å². The van der Waals surface area contributed by atoms with Crippen molar-refractivity contribution in [3.8, 4) is 18.2 Å². The van der Waals surface area contributed by atoms with Gasteiger partial charge in [-0.25, -0.2) is 0 Å². The lowest BCUT2D eigenvalue weighted by Crippen LogP contribution is -2.42. The zero-order valence-corrected chi connectivity index (χ0v) is 12.7. The molecule has 1 aromatic rings. The third kappa shape index (κ3) is 2.02. The van der Waals surface area contributed by atoms with Gasteiger partial charge in [0.25, 0.3) is 0 Å². The van der Waals surface area contributed by atoms with Crippen molar-refractivity contribution in [2.45, 2.75) is 25.2 Å². The van der Waals surface area contributed by atoms with Gasteiger partial charge >= 0.3 is 0 Å². The van der Waals surface area contributed by atoms with Crippen molar-refractivity contribution in [2.24, 2.45) is 17.1 Å². The van der Waals surface area contributed by atoms with Gasteiger partial charge in [-0.15, -0.1) is 0 Å². The second kappa shape index (κ2) is 5.64. The first-order valence-electron chi connectivity index (χ1n) is 7.67. The number of fused-ring (bicyclic) bond motifs is 1. The fourth-order valence-electron chi connectivity index (χ4n) is 3.91. The van der Waals surface area contributed by atoms with E-state index in [1.165, 1.54) is 0 Å². The molecule has 0 aliphatic heterocycles. The second-order valence-electron chi connectivity index (χ2n) is 6.02. The minimum Gasteiger partial charge on any atom is -0.399 e. The normalized spacial score (nSPS) is 25.3. The van der Waals surface area contributed by atoms with Gasteiger partial charge in [-0.1, -0.05) is 36.4 Å². The summed E-state index contributed by atoms with van der Waals surface area (Å²) in [4.78, 5) is 0. The van der Waals surface area contributed by atoms with Crippen molar-refractivity contribution in [1.82, 2.24) is 0 Å². The third-order valence-corrected chi connectivity index (χ3v) is 4.96. The van der Waals surface area contributed by atoms with Crippen LogP contribution >= 0.6 is 0 Å². The van der Waals surface area contributed by atoms with Crippen LogP contribution in [-0.2, 0) is 0 Å². The summed E-state index contributed by atoms with van der Waals surface area (Å²) in [5, 5.41) is 29.2. The standard InChI is InChI=1S/C19H16N4/c20-10-16-14-8-4-5-9-15(14)17(13-6-2-1-3-7-13)19(11-21,12-22)18(16)23/h1-3,6-8,15,17H,4-5,9,23H2/t15-,17-/m0/s1. The smallest absolute Gasteiger partial charge is 0.191 e. The van der Waals surface area contributed by atoms with Gasteiger partial charge in [0, 0.05) is 5.92 Å². The van der Waals surface area contributed by atoms with Crippen LogP contribution in [0.1, 0.15) is 30.7 Å². The van der Waals surface area contributed by atoms with Crippen LogP contribution in [0.25, 0.3) is 0 Å². The van der Waals surface area contributed by atoms with Crippen molar-refractivity contribution in [1.29, 1.82) is 15.8 Å². The van der Waals surface area contributed by atoms with Gasteiger partial charge < -0.3 is 5.73 Å². The first-order valence-corrected chi connectivity index (χ1v) is 7.67. The topological polar surface area (TPSA) is 97.4 Å². The van der Waals surface area contributed by atoms with Gasteiger partial charge in [-0.05, 0) is 36.3 Å². The predicted octanol–water partition coefficient (Wildman–Crippen LogP) is 3.28. The summed E-state index contributed by atoms with van der Waals surface area (Å²) in [5.41, 5.74) is 6.96. The molecule has 23 heavy (non-hydrogen) atoms. The molecule has 0 bridgehead atoms. The van der Waals surface area contributed by atoms with E-state index in [-0.39, 0.29) is 17.5 Å². The highest BCUT2D eigenvalue weighted by atomic mass is 14.7. The molecular formula is C19H16N4. The summed E-state index contributed by atoms with van der Waals surface area (Å²) >= 11 is 0. The Bertz CT molecular complexity index is 798. The first-order chi connectivity index (χ1) is 11.2. The lowest BCUT2D eigenvalue weighted by Gasteiger charge is -2.43. The first kappa shape index (κ1) is 14.9. The highest BCUT2D eigenvalue weighted by Crippen LogP contribution is 2.55. The summed E-state index contributed by atoms with van der Waals surface area (Å²) < 4.78 is 0. The molecule has 0 heterocycles. The molecule has 4 heteroatoms. The molecule has 0 radical (unpaired) electrons. The van der Waals surface area contributed by atoms with Crippen molar-refractivity contribution in [3.63, 3.8) is 0 Å². The molecule has 0 spiro atoms. The fraction of sp³-hybridized carbons (Fsp3) is 0.316. The average Bonchev–Trinajstić information content (AvgIpc) is 2.61. The third-order valence-electron chi connectivity index (χ3n) is 4.96. The number of nitrogens with zero attached hydrogens (tertiary/aromatic N) is 3. The zero-order valence-electron chi connectivity index (χ0n) is 12.7. The number of hydrogen-bond acceptors (Lipinski definition) is 4. The van der Waals surface area contributed by atoms with E-state index in [2.05, 4.69) is 18.2 Å². The molecule has 2 aliphatic rings. The maximum atomic E-state index is 9.83. The Morgan fingerprint density at radius 1 is 1.09 bits per heavy atom. The molecule has 112 valence electrons. The van der Waals surface area contributed by atoms with E-state index in [9.17, 15) is 15.8 Å². The number of benzene rings is 1. The highest BCUT2D eigenvalue weighted by molar-refractivity contribution is 5.59. The summed E-state index contributed by atoms with van der Waals surface area (Å²) in [6.07, 6.45) is 4.80. The van der Waals surface area contributed by atoms with Crippen molar-refractivity contribution < 1.29 is 0 Å². The number of rotatable bonds is 1. The number of nitriles is 3. The lowest BCUT2D eigenvalue weighted by atomic mass is 9.57. The molecular weight excluding hydrogens is 284 g/mol. The molecule has 0 fully saturated rings. The second-order valence-corrected chi connectivity index (χ2v) is 6.02. The maximum Gasteiger partial charge on any atom is 0.191 e. The number of hydrogen-bond donors (Lipinski definition) is 1. The largest absolute Gasteiger partial charge is 0.399 e. The summed E-state index contributed by atoms with van der Waals surface area (Å²) in [6.45, 7) is 0. The minimum atomic E-state index is -1.49. The number of allylic oxidation sites excluding steroid dienone is 4. The quantitative estimate of drug-likeness (QED) is 0.860. The van der Waals surface area contributed by atoms with E-state index in [0.29, 0.717) is 5.57 Å². The maximum absolute atomic E-state index is 9.83. The van der Waals surface area contributed by atoms with Crippen molar-refractivity contribution in [3.05, 3.63) is 58.8 Å². The molecule has 0 saturated carbocycles. The van der Waals surface area contributed by atoms with Gasteiger partial charge in [0.1, 0.15) is 6.07 Å². The van der Waals surface area contributed by atoms with E-state index in [0.717, 1.165) is 30.4 Å². The average molecular weight is 300 g/mol. The monoisotopic (exact) mass is 300 g/mol. The Kier molecular flexibility index (Phi) is 3.65. The Balaban J connectivity index is 2.33. The Morgan fingerprint density at radius 2 is 1.78 bits per heavy atom. The van der Waals surface area contributed by atoms with Crippen LogP contribution in [-0.4, -0.2) is 0 Å². The summed E-state index contributed by atoms with van der Waals surface area (Å²) in [5.74, 6) is -0.366. The van der Waals surface area contributed by atoms with Crippen LogP contribution < -0.4 is 5.73 Å². The highest BCUT2D eigenvalue weighted by Gasteiger charge is 2.53. The van der Waals surface area contributed by atoms with Gasteiger partial charge in [0.2, 0.25) is 0 Å². The van der Waals surface area contributed by atoms with Gasteiger partial charge in [0.05, 0.1) is 23.4 Å². The Labute approximate surface area is 135 Å². The molecule has 4 nitrogen and oxygen atoms in total. The van der Waals surface area contributed by atoms with Gasteiger partial charge in [-0.2, -0.15) is 15.8 Å². The zero-order chi connectivity index (χ0) is 16.4. The van der Waals surface area contributed by atoms with E-state index >= 15 is 0 Å². The van der Waals surface area contributed by atoms with E-state index in [1.54, 1.807) is 0 Å². The minimum absolute atomic E-state index is 0.0209. The molecule has 0 aromatic heterocycles. The van der Waals surface area contributed by atoms with Gasteiger partial charge in [0.15, 0.2) is 5.41 Å². The lowest BCUT2D eigenvalue weighted by molar-refractivity contribution is 0.317. The molecule has 3 rings (SSSR count). The van der Waals surface area contributed by atoms with Crippen LogP contribution in [0.4, 0.5) is 0 Å². The van der Waals surface area contributed by atoms with E-state index in [4.69, 9.17) is 5.73 Å². The molecule has 0 saturated heterocycles. The Morgan fingerprint density at radius 3 is 2.39 bits per heavy atom. The summed E-state index contributed by atoms with van der Waals surface area (Å²) in [7, 11) is 0. The molecule has 1 aromatic carbocycles. The fourth-order valence-corrected chi connectivity index (χ4v) is 3.91. The van der Waals surface area contributed by atoms with E-state index in [1.807, 2.05) is 36.4 Å². The van der Waals surface area contributed by atoms with Crippen LogP contribution in [0.3, 0.4) is 0 Å². The molecule has 0 amide bonds. The molecule has 0 unspecified atom stereocenters.